The van der Waals surface area contributed by atoms with E-state index in [9.17, 15) is 4.79 Å². The molecule has 0 aliphatic heterocycles. The fourth-order valence-electron chi connectivity index (χ4n) is 2.90. The summed E-state index contributed by atoms with van der Waals surface area (Å²) in [4.78, 5) is 24.1. The molecule has 0 fully saturated rings. The molecule has 0 aliphatic rings. The van der Waals surface area contributed by atoms with Gasteiger partial charge >= 0.3 is 0 Å². The van der Waals surface area contributed by atoms with E-state index in [1.807, 2.05) is 42.5 Å². The molecule has 8 heteroatoms. The Balaban J connectivity index is 1.58. The molecule has 29 heavy (non-hydrogen) atoms. The molecule has 0 unspecified atom stereocenters. The molecule has 2 aromatic heterocycles. The normalized spacial score (nSPS) is 10.5. The van der Waals surface area contributed by atoms with E-state index >= 15 is 0 Å². The van der Waals surface area contributed by atoms with Crippen LogP contribution in [0.1, 0.15) is 6.92 Å². The van der Waals surface area contributed by atoms with Crippen molar-refractivity contribution >= 4 is 51.2 Å². The van der Waals surface area contributed by atoms with Gasteiger partial charge in [0.15, 0.2) is 11.6 Å². The summed E-state index contributed by atoms with van der Waals surface area (Å²) >= 11 is 0. The summed E-state index contributed by atoms with van der Waals surface area (Å²) in [7, 11) is 0. The van der Waals surface area contributed by atoms with Crippen molar-refractivity contribution in [2.45, 2.75) is 6.92 Å². The van der Waals surface area contributed by atoms with Gasteiger partial charge in [-0.3, -0.25) is 9.78 Å². The van der Waals surface area contributed by atoms with Crippen molar-refractivity contribution < 1.29 is 4.79 Å². The number of carbonyl (C=O) groups excluding carboxylic acids is 1. The highest BCUT2D eigenvalue weighted by Gasteiger charge is 2.11. The fraction of sp³-hybridized carbons (Fsp3) is 0.0476. The number of nitrogen functional groups attached to an aromatic ring is 1. The maximum atomic E-state index is 11.1. The summed E-state index contributed by atoms with van der Waals surface area (Å²) in [6, 6.07) is 17.0. The van der Waals surface area contributed by atoms with E-state index in [-0.39, 0.29) is 5.91 Å². The van der Waals surface area contributed by atoms with Crippen molar-refractivity contribution in [2.75, 3.05) is 21.7 Å². The van der Waals surface area contributed by atoms with Gasteiger partial charge in [0.1, 0.15) is 12.0 Å². The summed E-state index contributed by atoms with van der Waals surface area (Å²) < 4.78 is 0. The van der Waals surface area contributed by atoms with E-state index in [0.29, 0.717) is 23.0 Å². The number of hydrogen-bond donors (Lipinski definition) is 4. The molecule has 4 rings (SSSR count). The molecule has 0 aliphatic carbocycles. The Morgan fingerprint density at radius 2 is 1.55 bits per heavy atom. The number of anilines is 6. The molecular formula is C21H19N7O. The lowest BCUT2D eigenvalue weighted by Gasteiger charge is -2.14. The van der Waals surface area contributed by atoms with Gasteiger partial charge in [-0.05, 0) is 36.4 Å². The number of rotatable bonds is 5. The first-order valence-corrected chi connectivity index (χ1v) is 8.96. The van der Waals surface area contributed by atoms with Crippen LogP contribution in [-0.2, 0) is 4.79 Å². The van der Waals surface area contributed by atoms with Crippen molar-refractivity contribution in [2.24, 2.45) is 0 Å². The number of para-hydroxylation sites is 1. The zero-order valence-corrected chi connectivity index (χ0v) is 15.7. The van der Waals surface area contributed by atoms with Crippen LogP contribution in [0.2, 0.25) is 0 Å². The third-order valence-electron chi connectivity index (χ3n) is 4.24. The Hall–Kier alpha value is -4.20. The zero-order valence-electron chi connectivity index (χ0n) is 15.7. The molecule has 0 radical (unpaired) electrons. The largest absolute Gasteiger partial charge is 0.393 e. The molecular weight excluding hydrogens is 366 g/mol. The van der Waals surface area contributed by atoms with Crippen LogP contribution in [0.4, 0.5) is 34.4 Å². The maximum Gasteiger partial charge on any atom is 0.221 e. The summed E-state index contributed by atoms with van der Waals surface area (Å²) in [5, 5.41) is 10.2. The topological polar surface area (TPSA) is 118 Å². The first kappa shape index (κ1) is 18.2. The van der Waals surface area contributed by atoms with Crippen LogP contribution < -0.4 is 21.7 Å². The van der Waals surface area contributed by atoms with Crippen LogP contribution in [0, 0.1) is 0 Å². The Morgan fingerprint density at radius 1 is 0.862 bits per heavy atom. The van der Waals surface area contributed by atoms with E-state index in [1.165, 1.54) is 13.3 Å². The molecule has 0 spiro atoms. The van der Waals surface area contributed by atoms with Gasteiger partial charge in [0.2, 0.25) is 5.91 Å². The molecule has 4 aromatic rings. The number of amides is 1. The number of nitrogens with zero attached hydrogens (tertiary/aromatic N) is 3. The van der Waals surface area contributed by atoms with Gasteiger partial charge in [0.05, 0.1) is 11.2 Å². The van der Waals surface area contributed by atoms with E-state index in [1.54, 1.807) is 18.3 Å². The van der Waals surface area contributed by atoms with Crippen molar-refractivity contribution in [1.82, 2.24) is 15.0 Å². The Labute approximate surface area is 167 Å². The van der Waals surface area contributed by atoms with Crippen molar-refractivity contribution in [3.8, 4) is 0 Å². The third-order valence-corrected chi connectivity index (χ3v) is 4.24. The smallest absolute Gasteiger partial charge is 0.221 e. The first-order valence-electron chi connectivity index (χ1n) is 8.96. The molecule has 0 atom stereocenters. The summed E-state index contributed by atoms with van der Waals surface area (Å²) in [5.41, 5.74) is 9.80. The lowest BCUT2D eigenvalue weighted by Crippen LogP contribution is -2.06. The van der Waals surface area contributed by atoms with Gasteiger partial charge in [-0.15, -0.1) is 0 Å². The van der Waals surface area contributed by atoms with Crippen LogP contribution in [0.5, 0.6) is 0 Å². The number of nitrogens with two attached hydrogens (primary N) is 1. The molecule has 144 valence electrons. The standard InChI is InChI=1S/C21H19N7O/c1-13(29)26-15-7-9-16(10-8-15)27-20-18(22)21(25-12-24-20)28-17-6-2-4-14-5-3-11-23-19(14)17/h2-12H,22H2,1H3,(H,26,29)(H2,24,25,27,28). The van der Waals surface area contributed by atoms with E-state index in [4.69, 9.17) is 5.73 Å². The molecule has 0 saturated heterocycles. The van der Waals surface area contributed by atoms with Crippen molar-refractivity contribution in [3.05, 3.63) is 67.1 Å². The van der Waals surface area contributed by atoms with Gasteiger partial charge < -0.3 is 21.7 Å². The molecule has 0 bridgehead atoms. The van der Waals surface area contributed by atoms with Gasteiger partial charge in [-0.25, -0.2) is 9.97 Å². The van der Waals surface area contributed by atoms with Gasteiger partial charge in [0, 0.05) is 29.9 Å². The minimum atomic E-state index is -0.121. The molecule has 2 aromatic carbocycles. The summed E-state index contributed by atoms with van der Waals surface area (Å²) in [6.45, 7) is 1.47. The molecule has 5 N–H and O–H groups in total. The van der Waals surface area contributed by atoms with Gasteiger partial charge in [-0.2, -0.15) is 0 Å². The lowest BCUT2D eigenvalue weighted by molar-refractivity contribution is -0.114. The predicted octanol–water partition coefficient (Wildman–Crippen LogP) is 4.05. The highest BCUT2D eigenvalue weighted by Crippen LogP contribution is 2.30. The van der Waals surface area contributed by atoms with Crippen molar-refractivity contribution in [1.29, 1.82) is 0 Å². The second-order valence-electron chi connectivity index (χ2n) is 6.37. The highest BCUT2D eigenvalue weighted by atomic mass is 16.1. The molecule has 8 nitrogen and oxygen atoms in total. The first-order chi connectivity index (χ1) is 14.1. The molecule has 0 saturated carbocycles. The number of nitrogens with one attached hydrogen (secondary N) is 3. The number of hydrogen-bond acceptors (Lipinski definition) is 7. The SMILES string of the molecule is CC(=O)Nc1ccc(Nc2ncnc(Nc3cccc4cccnc34)c2N)cc1. The summed E-state index contributed by atoms with van der Waals surface area (Å²) in [5.74, 6) is 0.836. The monoisotopic (exact) mass is 385 g/mol. The van der Waals surface area contributed by atoms with Gasteiger partial charge in [0.25, 0.3) is 0 Å². The average molecular weight is 385 g/mol. The maximum absolute atomic E-state index is 11.1. The Kier molecular flexibility index (Phi) is 4.90. The quantitative estimate of drug-likeness (QED) is 0.409. The van der Waals surface area contributed by atoms with Crippen LogP contribution in [0.3, 0.4) is 0 Å². The van der Waals surface area contributed by atoms with Crippen LogP contribution in [0.25, 0.3) is 10.9 Å². The van der Waals surface area contributed by atoms with Gasteiger partial charge in [-0.1, -0.05) is 18.2 Å². The Morgan fingerprint density at radius 3 is 2.31 bits per heavy atom. The molecule has 1 amide bonds. The average Bonchev–Trinajstić information content (AvgIpc) is 2.72. The molecule has 2 heterocycles. The minimum Gasteiger partial charge on any atom is -0.393 e. The second kappa shape index (κ2) is 7.81. The minimum absolute atomic E-state index is 0.121. The van der Waals surface area contributed by atoms with Crippen molar-refractivity contribution in [3.63, 3.8) is 0 Å². The van der Waals surface area contributed by atoms with Crippen LogP contribution >= 0.6 is 0 Å². The zero-order chi connectivity index (χ0) is 20.2. The van der Waals surface area contributed by atoms with E-state index in [2.05, 4.69) is 30.9 Å². The third kappa shape index (κ3) is 4.06. The fourth-order valence-corrected chi connectivity index (χ4v) is 2.90. The van der Waals surface area contributed by atoms with Crippen LogP contribution in [-0.4, -0.2) is 20.9 Å². The Bertz CT molecular complexity index is 1170. The number of pyridine rings is 1. The number of aromatic nitrogens is 3. The highest BCUT2D eigenvalue weighted by molar-refractivity contribution is 5.93. The lowest BCUT2D eigenvalue weighted by atomic mass is 10.2. The van der Waals surface area contributed by atoms with E-state index in [0.717, 1.165) is 22.3 Å². The number of fused-ring (bicyclic) bond motifs is 1. The predicted molar refractivity (Wildman–Crippen MR) is 115 cm³/mol. The second-order valence-corrected chi connectivity index (χ2v) is 6.37. The number of benzene rings is 2. The summed E-state index contributed by atoms with van der Waals surface area (Å²) in [6.07, 6.45) is 3.18. The van der Waals surface area contributed by atoms with Crippen LogP contribution in [0.15, 0.2) is 67.1 Å². The van der Waals surface area contributed by atoms with E-state index < -0.39 is 0 Å². The number of carbonyl (C=O) groups is 1.